The Morgan fingerprint density at radius 1 is 1.10 bits per heavy atom. The molecule has 0 unspecified atom stereocenters. The fourth-order valence-corrected chi connectivity index (χ4v) is 1.78. The maximum atomic E-state index is 12.2. The fraction of sp³-hybridized carbons (Fsp3) is 0.0625. The van der Waals surface area contributed by atoms with E-state index in [-0.39, 0.29) is 12.3 Å². The summed E-state index contributed by atoms with van der Waals surface area (Å²) in [6.45, 7) is 0.138. The van der Waals surface area contributed by atoms with Crippen molar-refractivity contribution in [3.05, 3.63) is 66.2 Å². The van der Waals surface area contributed by atoms with Gasteiger partial charge in [0.1, 0.15) is 6.34 Å². The molecule has 0 saturated heterocycles. The molecule has 4 heteroatoms. The van der Waals surface area contributed by atoms with E-state index in [4.69, 9.17) is 5.26 Å². The van der Waals surface area contributed by atoms with Gasteiger partial charge in [0, 0.05) is 11.3 Å². The van der Waals surface area contributed by atoms with Crippen LogP contribution < -0.4 is 4.90 Å². The average Bonchev–Trinajstić information content (AvgIpc) is 2.53. The van der Waals surface area contributed by atoms with Gasteiger partial charge < -0.3 is 4.90 Å². The van der Waals surface area contributed by atoms with Crippen molar-refractivity contribution in [2.75, 3.05) is 11.4 Å². The molecule has 2 aromatic rings. The minimum atomic E-state index is -0.0288. The predicted octanol–water partition coefficient (Wildman–Crippen LogP) is 2.89. The normalized spacial score (nSPS) is 10.2. The quantitative estimate of drug-likeness (QED) is 0.361. The van der Waals surface area contributed by atoms with E-state index in [1.54, 1.807) is 23.2 Å². The van der Waals surface area contributed by atoms with Crippen LogP contribution in [0.4, 0.5) is 5.69 Å². The molecule has 0 N–H and O–H groups in total. The van der Waals surface area contributed by atoms with Crippen molar-refractivity contribution in [1.82, 2.24) is 0 Å². The van der Waals surface area contributed by atoms with Crippen LogP contribution in [-0.2, 0) is 0 Å². The van der Waals surface area contributed by atoms with E-state index >= 15 is 0 Å². The van der Waals surface area contributed by atoms with E-state index in [0.29, 0.717) is 5.56 Å². The molecule has 0 fully saturated rings. The molecule has 0 aliphatic rings. The van der Waals surface area contributed by atoms with E-state index < -0.39 is 0 Å². The minimum Gasteiger partial charge on any atom is -0.324 e. The third kappa shape index (κ3) is 3.53. The molecule has 98 valence electrons. The Morgan fingerprint density at radius 2 is 1.70 bits per heavy atom. The number of aliphatic imine (C=N–C) groups is 1. The molecule has 0 aliphatic carbocycles. The SMILES string of the molecule is N#CN=CN(CC(=O)c1ccccc1)c1ccccc1. The van der Waals surface area contributed by atoms with Crippen LogP contribution in [0.3, 0.4) is 0 Å². The number of carbonyl (C=O) groups excluding carboxylic acids is 1. The molecule has 0 saturated carbocycles. The van der Waals surface area contributed by atoms with Crippen LogP contribution in [0.1, 0.15) is 10.4 Å². The third-order valence-electron chi connectivity index (χ3n) is 2.75. The van der Waals surface area contributed by atoms with E-state index in [2.05, 4.69) is 4.99 Å². The molecule has 0 aromatic heterocycles. The van der Waals surface area contributed by atoms with Gasteiger partial charge in [0.05, 0.1) is 6.54 Å². The number of nitrogens with zero attached hydrogens (tertiary/aromatic N) is 3. The molecule has 0 spiro atoms. The van der Waals surface area contributed by atoms with Crippen LogP contribution in [0.2, 0.25) is 0 Å². The van der Waals surface area contributed by atoms with Gasteiger partial charge in [-0.3, -0.25) is 4.79 Å². The van der Waals surface area contributed by atoms with Gasteiger partial charge >= 0.3 is 0 Å². The van der Waals surface area contributed by atoms with Crippen molar-refractivity contribution >= 4 is 17.8 Å². The molecule has 0 atom stereocenters. The van der Waals surface area contributed by atoms with Gasteiger partial charge in [-0.05, 0) is 12.1 Å². The van der Waals surface area contributed by atoms with Gasteiger partial charge in [0.15, 0.2) is 5.78 Å². The maximum absolute atomic E-state index is 12.2. The van der Waals surface area contributed by atoms with Gasteiger partial charge in [-0.25, -0.2) is 0 Å². The first-order valence-electron chi connectivity index (χ1n) is 6.13. The summed E-state index contributed by atoms with van der Waals surface area (Å²) in [6, 6.07) is 18.4. The Kier molecular flexibility index (Phi) is 4.63. The van der Waals surface area contributed by atoms with Gasteiger partial charge in [-0.2, -0.15) is 10.3 Å². The summed E-state index contributed by atoms with van der Waals surface area (Å²) in [5.41, 5.74) is 1.45. The molecule has 20 heavy (non-hydrogen) atoms. The Bertz CT molecular complexity index is 630. The maximum Gasteiger partial charge on any atom is 0.207 e. The number of anilines is 1. The third-order valence-corrected chi connectivity index (χ3v) is 2.75. The molecular formula is C16H13N3O. The summed E-state index contributed by atoms with van der Waals surface area (Å²) in [5, 5.41) is 8.55. The van der Waals surface area contributed by atoms with Crippen molar-refractivity contribution in [1.29, 1.82) is 5.26 Å². The number of hydrogen-bond acceptors (Lipinski definition) is 3. The monoisotopic (exact) mass is 263 g/mol. The minimum absolute atomic E-state index is 0.0288. The number of rotatable bonds is 5. The van der Waals surface area contributed by atoms with Crippen LogP contribution >= 0.6 is 0 Å². The highest BCUT2D eigenvalue weighted by atomic mass is 16.1. The fourth-order valence-electron chi connectivity index (χ4n) is 1.78. The summed E-state index contributed by atoms with van der Waals surface area (Å²) in [7, 11) is 0. The number of benzene rings is 2. The first kappa shape index (κ1) is 13.5. The van der Waals surface area contributed by atoms with Crippen LogP contribution in [0.25, 0.3) is 0 Å². The lowest BCUT2D eigenvalue weighted by atomic mass is 10.1. The molecular weight excluding hydrogens is 250 g/mol. The van der Waals surface area contributed by atoms with Crippen molar-refractivity contribution < 1.29 is 4.79 Å². The van der Waals surface area contributed by atoms with E-state index in [9.17, 15) is 4.79 Å². The number of carbonyl (C=O) groups is 1. The van der Waals surface area contributed by atoms with Gasteiger partial charge in [0.25, 0.3) is 0 Å². The number of para-hydroxylation sites is 1. The molecule has 0 amide bonds. The molecule has 0 heterocycles. The molecule has 0 bridgehead atoms. The van der Waals surface area contributed by atoms with Crippen LogP contribution in [0, 0.1) is 11.5 Å². The van der Waals surface area contributed by atoms with Crippen molar-refractivity contribution in [3.8, 4) is 6.19 Å². The largest absolute Gasteiger partial charge is 0.324 e. The Balaban J connectivity index is 2.19. The van der Waals surface area contributed by atoms with Crippen molar-refractivity contribution in [2.45, 2.75) is 0 Å². The van der Waals surface area contributed by atoms with Crippen LogP contribution in [0.5, 0.6) is 0 Å². The zero-order chi connectivity index (χ0) is 14.2. The smallest absolute Gasteiger partial charge is 0.207 e. The van der Waals surface area contributed by atoms with E-state index in [0.717, 1.165) is 5.69 Å². The Hall–Kier alpha value is -2.93. The van der Waals surface area contributed by atoms with Crippen molar-refractivity contribution in [3.63, 3.8) is 0 Å². The lowest BCUT2D eigenvalue weighted by Crippen LogP contribution is -2.28. The number of Topliss-reactive ketones (excluding diaryl/α,β-unsaturated/α-hetero) is 1. The summed E-state index contributed by atoms with van der Waals surface area (Å²) >= 11 is 0. The zero-order valence-corrected chi connectivity index (χ0v) is 10.8. The Morgan fingerprint density at radius 3 is 2.30 bits per heavy atom. The topological polar surface area (TPSA) is 56.5 Å². The molecule has 0 radical (unpaired) electrons. The highest BCUT2D eigenvalue weighted by Gasteiger charge is 2.11. The van der Waals surface area contributed by atoms with Gasteiger partial charge in [-0.1, -0.05) is 48.5 Å². The standard InChI is InChI=1S/C16H13N3O/c17-12-18-13-19(15-9-5-2-6-10-15)11-16(20)14-7-3-1-4-8-14/h1-10,13H,11H2. The van der Waals surface area contributed by atoms with Crippen LogP contribution in [-0.4, -0.2) is 18.7 Å². The van der Waals surface area contributed by atoms with E-state index in [1.165, 1.54) is 6.34 Å². The average molecular weight is 263 g/mol. The molecule has 4 nitrogen and oxygen atoms in total. The summed E-state index contributed by atoms with van der Waals surface area (Å²) in [5.74, 6) is -0.0288. The summed E-state index contributed by atoms with van der Waals surface area (Å²) in [4.78, 5) is 17.4. The molecule has 2 rings (SSSR count). The molecule has 2 aromatic carbocycles. The second kappa shape index (κ2) is 6.86. The lowest BCUT2D eigenvalue weighted by Gasteiger charge is -2.18. The first-order valence-corrected chi connectivity index (χ1v) is 6.13. The number of nitriles is 1. The van der Waals surface area contributed by atoms with Crippen molar-refractivity contribution in [2.24, 2.45) is 4.99 Å². The first-order chi connectivity index (χ1) is 9.81. The molecule has 0 aliphatic heterocycles. The second-order valence-corrected chi connectivity index (χ2v) is 4.10. The Labute approximate surface area is 117 Å². The summed E-state index contributed by atoms with van der Waals surface area (Å²) < 4.78 is 0. The van der Waals surface area contributed by atoms with Gasteiger partial charge in [0.2, 0.25) is 6.19 Å². The second-order valence-electron chi connectivity index (χ2n) is 4.10. The summed E-state index contributed by atoms with van der Waals surface area (Å²) in [6.07, 6.45) is 3.07. The van der Waals surface area contributed by atoms with E-state index in [1.807, 2.05) is 48.5 Å². The predicted molar refractivity (Wildman–Crippen MR) is 78.7 cm³/mol. The number of ketones is 1. The van der Waals surface area contributed by atoms with Crippen LogP contribution in [0.15, 0.2) is 65.7 Å². The van der Waals surface area contributed by atoms with Gasteiger partial charge in [-0.15, -0.1) is 0 Å². The zero-order valence-electron chi connectivity index (χ0n) is 10.8. The lowest BCUT2D eigenvalue weighted by molar-refractivity contribution is 0.100. The highest BCUT2D eigenvalue weighted by molar-refractivity contribution is 6.02. The highest BCUT2D eigenvalue weighted by Crippen LogP contribution is 2.12. The number of hydrogen-bond donors (Lipinski definition) is 0.